The lowest BCUT2D eigenvalue weighted by atomic mass is 10.1. The first-order chi connectivity index (χ1) is 14.5. The zero-order chi connectivity index (χ0) is 21.1. The number of nitrogens with zero attached hydrogens (tertiary/aromatic N) is 2. The average molecular weight is 411 g/mol. The van der Waals surface area contributed by atoms with Gasteiger partial charge in [0.25, 0.3) is 11.8 Å². The van der Waals surface area contributed by atoms with Crippen molar-refractivity contribution in [1.82, 2.24) is 20.4 Å². The second-order valence-corrected chi connectivity index (χ2v) is 7.09. The van der Waals surface area contributed by atoms with Gasteiger partial charge >= 0.3 is 6.03 Å². The van der Waals surface area contributed by atoms with E-state index >= 15 is 0 Å². The van der Waals surface area contributed by atoms with E-state index in [1.54, 1.807) is 36.4 Å². The predicted octanol–water partition coefficient (Wildman–Crippen LogP) is 0.384. The minimum atomic E-state index is -0.571. The summed E-state index contributed by atoms with van der Waals surface area (Å²) in [5, 5.41) is 7.80. The van der Waals surface area contributed by atoms with Crippen LogP contribution in [0.1, 0.15) is 16.1 Å². The summed E-state index contributed by atoms with van der Waals surface area (Å²) in [5.41, 5.74) is 0.731. The highest BCUT2D eigenvalue weighted by Crippen LogP contribution is 2.17. The van der Waals surface area contributed by atoms with Crippen molar-refractivity contribution in [3.63, 3.8) is 0 Å². The number of carbonyl (C=O) groups excluding carboxylic acids is 4. The number of hydrogen-bond donors (Lipinski definition) is 3. The Kier molecular flexibility index (Phi) is 5.48. The summed E-state index contributed by atoms with van der Waals surface area (Å²) >= 11 is 0. The van der Waals surface area contributed by atoms with Crippen LogP contribution >= 0.6 is 0 Å². The molecule has 30 heavy (non-hydrogen) atoms. The third-order valence-corrected chi connectivity index (χ3v) is 5.07. The highest BCUT2D eigenvalue weighted by Gasteiger charge is 2.42. The fourth-order valence-corrected chi connectivity index (χ4v) is 3.57. The summed E-state index contributed by atoms with van der Waals surface area (Å²) in [5.74, 6) is -0.362. The van der Waals surface area contributed by atoms with Gasteiger partial charge in [-0.05, 0) is 24.3 Å². The molecule has 0 bridgehead atoms. The zero-order valence-electron chi connectivity index (χ0n) is 16.1. The van der Waals surface area contributed by atoms with E-state index < -0.39 is 6.04 Å². The molecule has 0 spiro atoms. The Bertz CT molecular complexity index is 974. The van der Waals surface area contributed by atoms with Crippen molar-refractivity contribution in [3.05, 3.63) is 54.0 Å². The smallest absolute Gasteiger partial charge is 0.324 e. The number of furan rings is 1. The van der Waals surface area contributed by atoms with Crippen LogP contribution in [0.2, 0.25) is 0 Å². The van der Waals surface area contributed by atoms with Crippen LogP contribution in [-0.2, 0) is 16.1 Å². The van der Waals surface area contributed by atoms with Crippen molar-refractivity contribution in [2.24, 2.45) is 0 Å². The highest BCUT2D eigenvalue weighted by molar-refractivity contribution is 6.05. The molecule has 1 unspecified atom stereocenters. The highest BCUT2D eigenvalue weighted by atomic mass is 16.3. The monoisotopic (exact) mass is 411 g/mol. The van der Waals surface area contributed by atoms with Gasteiger partial charge in [0.2, 0.25) is 5.91 Å². The minimum absolute atomic E-state index is 0.0498. The van der Waals surface area contributed by atoms with E-state index in [-0.39, 0.29) is 43.4 Å². The molecule has 10 heteroatoms. The van der Waals surface area contributed by atoms with Gasteiger partial charge in [0.15, 0.2) is 0 Å². The SMILES string of the molecule is O=C(CN1CCN2C(=O)NC(=O)C2C1)Nc1ccccc1C(=O)NCc1ccco1. The summed E-state index contributed by atoms with van der Waals surface area (Å²) in [6, 6.07) is 9.26. The number of nitrogens with one attached hydrogen (secondary N) is 3. The Hall–Kier alpha value is -3.66. The molecule has 1 aromatic carbocycles. The minimum Gasteiger partial charge on any atom is -0.467 e. The molecule has 2 aliphatic rings. The molecule has 5 amide bonds. The molecule has 10 nitrogen and oxygen atoms in total. The van der Waals surface area contributed by atoms with Crippen LogP contribution in [0.5, 0.6) is 0 Å². The molecule has 1 aromatic heterocycles. The van der Waals surface area contributed by atoms with Crippen LogP contribution in [-0.4, -0.2) is 65.8 Å². The van der Waals surface area contributed by atoms with Crippen LogP contribution in [0.25, 0.3) is 0 Å². The molecular weight excluding hydrogens is 390 g/mol. The topological polar surface area (TPSA) is 124 Å². The van der Waals surface area contributed by atoms with Crippen molar-refractivity contribution >= 4 is 29.4 Å². The Balaban J connectivity index is 1.35. The molecular formula is C20H21N5O5. The summed E-state index contributed by atoms with van der Waals surface area (Å²) in [6.45, 7) is 1.43. The van der Waals surface area contributed by atoms with E-state index in [0.29, 0.717) is 30.1 Å². The lowest BCUT2D eigenvalue weighted by Crippen LogP contribution is -2.54. The number of urea groups is 1. The van der Waals surface area contributed by atoms with Gasteiger partial charge in [-0.1, -0.05) is 12.1 Å². The summed E-state index contributed by atoms with van der Waals surface area (Å²) in [4.78, 5) is 51.9. The van der Waals surface area contributed by atoms with Crippen molar-refractivity contribution < 1.29 is 23.6 Å². The van der Waals surface area contributed by atoms with E-state index in [4.69, 9.17) is 4.42 Å². The van der Waals surface area contributed by atoms with E-state index in [1.165, 1.54) is 11.2 Å². The van der Waals surface area contributed by atoms with Gasteiger partial charge in [-0.25, -0.2) is 4.79 Å². The average Bonchev–Trinajstić information content (AvgIpc) is 3.34. The maximum Gasteiger partial charge on any atom is 0.324 e. The van der Waals surface area contributed by atoms with E-state index in [0.717, 1.165) is 0 Å². The van der Waals surface area contributed by atoms with Gasteiger partial charge in [0, 0.05) is 19.6 Å². The van der Waals surface area contributed by atoms with E-state index in [2.05, 4.69) is 16.0 Å². The van der Waals surface area contributed by atoms with Gasteiger partial charge < -0.3 is 20.0 Å². The normalized spacial score (nSPS) is 18.7. The first-order valence-corrected chi connectivity index (χ1v) is 9.54. The molecule has 156 valence electrons. The number of rotatable bonds is 6. The number of hydrogen-bond acceptors (Lipinski definition) is 6. The van der Waals surface area contributed by atoms with Crippen molar-refractivity contribution in [2.75, 3.05) is 31.5 Å². The molecule has 4 rings (SSSR count). The fourth-order valence-electron chi connectivity index (χ4n) is 3.57. The largest absolute Gasteiger partial charge is 0.467 e. The molecule has 0 radical (unpaired) electrons. The van der Waals surface area contributed by atoms with Gasteiger partial charge in [-0.3, -0.25) is 24.6 Å². The number of imide groups is 1. The molecule has 3 heterocycles. The first kappa shape index (κ1) is 19.6. The molecule has 2 aliphatic heterocycles. The lowest BCUT2D eigenvalue weighted by Gasteiger charge is -2.34. The molecule has 0 saturated carbocycles. The van der Waals surface area contributed by atoms with Gasteiger partial charge in [0.05, 0.1) is 30.6 Å². The molecule has 2 fully saturated rings. The summed E-state index contributed by atoms with van der Waals surface area (Å²) in [7, 11) is 0. The summed E-state index contributed by atoms with van der Waals surface area (Å²) < 4.78 is 5.20. The number of fused-ring (bicyclic) bond motifs is 1. The van der Waals surface area contributed by atoms with E-state index in [9.17, 15) is 19.2 Å². The molecule has 3 N–H and O–H groups in total. The number of benzene rings is 1. The van der Waals surface area contributed by atoms with Crippen LogP contribution in [0, 0.1) is 0 Å². The molecule has 2 aromatic rings. The number of carbonyl (C=O) groups is 4. The second-order valence-electron chi connectivity index (χ2n) is 7.09. The Morgan fingerprint density at radius 2 is 1.97 bits per heavy atom. The number of para-hydroxylation sites is 1. The Morgan fingerprint density at radius 3 is 2.77 bits per heavy atom. The predicted molar refractivity (Wildman–Crippen MR) is 105 cm³/mol. The molecule has 1 atom stereocenters. The lowest BCUT2D eigenvalue weighted by molar-refractivity contribution is -0.124. The second kappa shape index (κ2) is 8.37. The maximum atomic E-state index is 12.6. The molecule has 2 saturated heterocycles. The standard InChI is InChI=1S/C20H21N5O5/c26-17(12-24-7-8-25-16(11-24)19(28)23-20(25)29)22-15-6-2-1-5-14(15)18(27)21-10-13-4-3-9-30-13/h1-6,9,16H,7-8,10-12H2,(H,21,27)(H,22,26)(H,23,28,29). The van der Waals surface area contributed by atoms with Crippen molar-refractivity contribution in [3.8, 4) is 0 Å². The van der Waals surface area contributed by atoms with Crippen LogP contribution in [0.15, 0.2) is 47.1 Å². The van der Waals surface area contributed by atoms with Gasteiger partial charge in [-0.2, -0.15) is 0 Å². The number of piperazine rings is 1. The third kappa shape index (κ3) is 4.18. The maximum absolute atomic E-state index is 12.6. The van der Waals surface area contributed by atoms with Crippen LogP contribution in [0.3, 0.4) is 0 Å². The van der Waals surface area contributed by atoms with Gasteiger partial charge in [-0.15, -0.1) is 0 Å². The fraction of sp³-hybridized carbons (Fsp3) is 0.300. The molecule has 0 aliphatic carbocycles. The van der Waals surface area contributed by atoms with Crippen molar-refractivity contribution in [2.45, 2.75) is 12.6 Å². The Labute approximate surface area is 172 Å². The zero-order valence-corrected chi connectivity index (χ0v) is 16.1. The van der Waals surface area contributed by atoms with E-state index in [1.807, 2.05) is 4.90 Å². The Morgan fingerprint density at radius 1 is 1.13 bits per heavy atom. The van der Waals surface area contributed by atoms with Crippen molar-refractivity contribution in [1.29, 1.82) is 0 Å². The van der Waals surface area contributed by atoms with Gasteiger partial charge in [0.1, 0.15) is 11.8 Å². The number of amides is 5. The third-order valence-electron chi connectivity index (χ3n) is 5.07. The summed E-state index contributed by atoms with van der Waals surface area (Å²) in [6.07, 6.45) is 1.53. The van der Waals surface area contributed by atoms with Crippen LogP contribution in [0.4, 0.5) is 10.5 Å². The van der Waals surface area contributed by atoms with Crippen LogP contribution < -0.4 is 16.0 Å². The first-order valence-electron chi connectivity index (χ1n) is 9.54. The quantitative estimate of drug-likeness (QED) is 0.591. The number of anilines is 1.